The number of carboxylic acids is 1. The van der Waals surface area contributed by atoms with Crippen molar-refractivity contribution < 1.29 is 14.7 Å². The number of rotatable bonds is 6. The summed E-state index contributed by atoms with van der Waals surface area (Å²) < 4.78 is 0. The Morgan fingerprint density at radius 1 is 1.25 bits per heavy atom. The van der Waals surface area contributed by atoms with Crippen molar-refractivity contribution >= 4 is 12.0 Å². The smallest absolute Gasteiger partial charge is 0.317 e. The molecule has 2 unspecified atom stereocenters. The summed E-state index contributed by atoms with van der Waals surface area (Å²) in [7, 11) is 0. The van der Waals surface area contributed by atoms with Gasteiger partial charge in [0.25, 0.3) is 0 Å². The second-order valence-electron chi connectivity index (χ2n) is 6.64. The van der Waals surface area contributed by atoms with Gasteiger partial charge in [-0.15, -0.1) is 0 Å². The highest BCUT2D eigenvalue weighted by molar-refractivity contribution is 5.74. The molecule has 0 aromatic heterocycles. The first-order valence-corrected chi connectivity index (χ1v) is 7.54. The Labute approximate surface area is 121 Å². The topological polar surface area (TPSA) is 69.6 Å². The van der Waals surface area contributed by atoms with Gasteiger partial charge in [0.2, 0.25) is 0 Å². The molecule has 116 valence electrons. The molecular formula is C15H28N2O3. The van der Waals surface area contributed by atoms with Gasteiger partial charge in [-0.2, -0.15) is 0 Å². The van der Waals surface area contributed by atoms with Gasteiger partial charge >= 0.3 is 12.0 Å². The Bertz CT molecular complexity index is 334. The number of nitrogens with zero attached hydrogens (tertiary/aromatic N) is 1. The maximum atomic E-state index is 12.1. The van der Waals surface area contributed by atoms with E-state index in [1.54, 1.807) is 0 Å². The normalized spacial score (nSPS) is 23.9. The average Bonchev–Trinajstić information content (AvgIpc) is 2.65. The molecule has 5 nitrogen and oxygen atoms in total. The van der Waals surface area contributed by atoms with Crippen molar-refractivity contribution in [2.45, 2.75) is 40.5 Å². The highest BCUT2D eigenvalue weighted by atomic mass is 16.4. The summed E-state index contributed by atoms with van der Waals surface area (Å²) in [5.41, 5.74) is 0. The molecule has 0 aromatic rings. The maximum absolute atomic E-state index is 12.1. The first-order chi connectivity index (χ1) is 9.29. The molecule has 0 aromatic carbocycles. The number of carbonyl (C=O) groups excluding carboxylic acids is 1. The Morgan fingerprint density at radius 3 is 2.25 bits per heavy atom. The van der Waals surface area contributed by atoms with Gasteiger partial charge < -0.3 is 15.3 Å². The molecule has 5 heteroatoms. The Kier molecular flexibility index (Phi) is 6.30. The van der Waals surface area contributed by atoms with Gasteiger partial charge in [0.1, 0.15) is 0 Å². The summed E-state index contributed by atoms with van der Waals surface area (Å²) in [5, 5.41) is 11.8. The van der Waals surface area contributed by atoms with E-state index in [9.17, 15) is 9.59 Å². The molecule has 1 aliphatic heterocycles. The van der Waals surface area contributed by atoms with Crippen molar-refractivity contribution in [1.29, 1.82) is 0 Å². The standard InChI is InChI=1S/C15H28N2O3/c1-10(2)5-13(6-14(18)19)7-16-15(20)17-8-11(3)12(4)9-17/h10-13H,5-9H2,1-4H3,(H,16,20)(H,18,19)/t11?,12?,13-/m0/s1. The zero-order valence-electron chi connectivity index (χ0n) is 13.1. The molecule has 0 saturated carbocycles. The first-order valence-electron chi connectivity index (χ1n) is 7.54. The van der Waals surface area contributed by atoms with Crippen molar-refractivity contribution in [3.8, 4) is 0 Å². The van der Waals surface area contributed by atoms with Crippen molar-refractivity contribution in [2.24, 2.45) is 23.7 Å². The molecule has 1 heterocycles. The molecule has 2 N–H and O–H groups in total. The van der Waals surface area contributed by atoms with E-state index in [4.69, 9.17) is 5.11 Å². The monoisotopic (exact) mass is 284 g/mol. The number of nitrogens with one attached hydrogen (secondary N) is 1. The number of hydrogen-bond acceptors (Lipinski definition) is 2. The predicted octanol–water partition coefficient (Wildman–Crippen LogP) is 2.42. The number of aliphatic carboxylic acids is 1. The van der Waals surface area contributed by atoms with Crippen LogP contribution in [0.2, 0.25) is 0 Å². The van der Waals surface area contributed by atoms with Crippen LogP contribution in [0.1, 0.15) is 40.5 Å². The number of carboxylic acid groups (broad SMARTS) is 1. The minimum Gasteiger partial charge on any atom is -0.481 e. The average molecular weight is 284 g/mol. The predicted molar refractivity (Wildman–Crippen MR) is 78.5 cm³/mol. The summed E-state index contributed by atoms with van der Waals surface area (Å²) in [6.07, 6.45) is 0.935. The van der Waals surface area contributed by atoms with Gasteiger partial charge in [0.15, 0.2) is 0 Å². The Hall–Kier alpha value is -1.26. The van der Waals surface area contributed by atoms with Crippen molar-refractivity contribution in [1.82, 2.24) is 10.2 Å². The van der Waals surface area contributed by atoms with E-state index in [1.165, 1.54) is 0 Å². The van der Waals surface area contributed by atoms with Gasteiger partial charge in [0.05, 0.1) is 0 Å². The number of urea groups is 1. The summed E-state index contributed by atoms with van der Waals surface area (Å²) in [6, 6.07) is -0.0552. The summed E-state index contributed by atoms with van der Waals surface area (Å²) >= 11 is 0. The van der Waals surface area contributed by atoms with Crippen LogP contribution in [0.3, 0.4) is 0 Å². The third-order valence-corrected chi connectivity index (χ3v) is 4.09. The fraction of sp³-hybridized carbons (Fsp3) is 0.867. The van der Waals surface area contributed by atoms with Crippen LogP contribution in [0.4, 0.5) is 4.79 Å². The number of amides is 2. The second-order valence-corrected chi connectivity index (χ2v) is 6.64. The van der Waals surface area contributed by atoms with Gasteiger partial charge in [-0.05, 0) is 30.1 Å². The zero-order chi connectivity index (χ0) is 15.3. The van der Waals surface area contributed by atoms with E-state index in [0.717, 1.165) is 19.5 Å². The molecule has 0 aliphatic carbocycles. The zero-order valence-corrected chi connectivity index (χ0v) is 13.1. The Morgan fingerprint density at radius 2 is 1.80 bits per heavy atom. The molecule has 1 fully saturated rings. The summed E-state index contributed by atoms with van der Waals surface area (Å²) in [6.45, 7) is 10.5. The molecule has 0 bridgehead atoms. The highest BCUT2D eigenvalue weighted by Crippen LogP contribution is 2.22. The molecule has 2 amide bonds. The minimum atomic E-state index is -0.798. The van der Waals surface area contributed by atoms with E-state index >= 15 is 0 Å². The molecule has 20 heavy (non-hydrogen) atoms. The summed E-state index contributed by atoms with van der Waals surface area (Å²) in [4.78, 5) is 24.8. The van der Waals surface area contributed by atoms with Crippen LogP contribution in [0.5, 0.6) is 0 Å². The van der Waals surface area contributed by atoms with E-state index in [2.05, 4.69) is 33.0 Å². The molecule has 1 saturated heterocycles. The lowest BCUT2D eigenvalue weighted by Crippen LogP contribution is -2.41. The van der Waals surface area contributed by atoms with E-state index in [-0.39, 0.29) is 18.4 Å². The third kappa shape index (κ3) is 5.39. The lowest BCUT2D eigenvalue weighted by Gasteiger charge is -2.21. The lowest BCUT2D eigenvalue weighted by molar-refractivity contribution is -0.138. The van der Waals surface area contributed by atoms with Crippen LogP contribution in [0, 0.1) is 23.7 Å². The quantitative estimate of drug-likeness (QED) is 0.787. The van der Waals surface area contributed by atoms with E-state index in [0.29, 0.717) is 24.3 Å². The minimum absolute atomic E-state index is 0.00824. The van der Waals surface area contributed by atoms with Crippen molar-refractivity contribution in [3.63, 3.8) is 0 Å². The van der Waals surface area contributed by atoms with Crippen LogP contribution in [-0.2, 0) is 4.79 Å². The van der Waals surface area contributed by atoms with Gasteiger partial charge in [-0.25, -0.2) is 4.79 Å². The lowest BCUT2D eigenvalue weighted by atomic mass is 9.94. The number of carbonyl (C=O) groups is 2. The molecule has 1 rings (SSSR count). The second kappa shape index (κ2) is 7.50. The Balaban J connectivity index is 2.42. The van der Waals surface area contributed by atoms with Crippen LogP contribution in [0.25, 0.3) is 0 Å². The van der Waals surface area contributed by atoms with Gasteiger partial charge in [-0.3, -0.25) is 4.79 Å². The van der Waals surface area contributed by atoms with Crippen molar-refractivity contribution in [2.75, 3.05) is 19.6 Å². The van der Waals surface area contributed by atoms with Gasteiger partial charge in [-0.1, -0.05) is 27.7 Å². The highest BCUT2D eigenvalue weighted by Gasteiger charge is 2.29. The van der Waals surface area contributed by atoms with Gasteiger partial charge in [0, 0.05) is 26.1 Å². The number of hydrogen-bond donors (Lipinski definition) is 2. The van der Waals surface area contributed by atoms with E-state index in [1.807, 2.05) is 4.90 Å². The molecule has 0 spiro atoms. The fourth-order valence-corrected chi connectivity index (χ4v) is 2.79. The maximum Gasteiger partial charge on any atom is 0.317 e. The molecule has 0 radical (unpaired) electrons. The number of likely N-dealkylation sites (tertiary alicyclic amines) is 1. The third-order valence-electron chi connectivity index (χ3n) is 4.09. The fourth-order valence-electron chi connectivity index (χ4n) is 2.79. The van der Waals surface area contributed by atoms with Crippen LogP contribution < -0.4 is 5.32 Å². The molecule has 3 atom stereocenters. The SMILES string of the molecule is CC(C)C[C@H](CNC(=O)N1CC(C)C(C)C1)CC(=O)O. The first kappa shape index (κ1) is 16.8. The summed E-state index contributed by atoms with van der Waals surface area (Å²) in [5.74, 6) is 0.711. The van der Waals surface area contributed by atoms with Crippen LogP contribution in [-0.4, -0.2) is 41.6 Å². The van der Waals surface area contributed by atoms with Crippen LogP contribution in [0.15, 0.2) is 0 Å². The molecular weight excluding hydrogens is 256 g/mol. The largest absolute Gasteiger partial charge is 0.481 e. The molecule has 1 aliphatic rings. The van der Waals surface area contributed by atoms with Crippen molar-refractivity contribution in [3.05, 3.63) is 0 Å². The van der Waals surface area contributed by atoms with E-state index < -0.39 is 5.97 Å². The van der Waals surface area contributed by atoms with Crippen LogP contribution >= 0.6 is 0 Å².